The number of fused-ring (bicyclic) bond motifs is 1. The van der Waals surface area contributed by atoms with Crippen molar-refractivity contribution in [3.63, 3.8) is 0 Å². The fourth-order valence-corrected chi connectivity index (χ4v) is 2.30. The third kappa shape index (κ3) is 0.922. The van der Waals surface area contributed by atoms with Gasteiger partial charge in [-0.3, -0.25) is 0 Å². The van der Waals surface area contributed by atoms with Crippen LogP contribution >= 0.6 is 0 Å². The van der Waals surface area contributed by atoms with E-state index in [4.69, 9.17) is 4.42 Å². The van der Waals surface area contributed by atoms with Gasteiger partial charge in [-0.05, 0) is 0 Å². The van der Waals surface area contributed by atoms with Crippen molar-refractivity contribution in [2.45, 2.75) is 0 Å². The molecule has 0 saturated carbocycles. The van der Waals surface area contributed by atoms with Crippen LogP contribution in [0.5, 0.6) is 0 Å². The number of hydrogen-bond donors (Lipinski definition) is 0. The molecule has 0 saturated heterocycles. The van der Waals surface area contributed by atoms with E-state index in [1.807, 2.05) is 24.3 Å². The van der Waals surface area contributed by atoms with Crippen molar-refractivity contribution < 1.29 is 4.42 Å². The van der Waals surface area contributed by atoms with Gasteiger partial charge in [0.1, 0.15) is 0 Å². The summed E-state index contributed by atoms with van der Waals surface area (Å²) in [5.74, 6) is 0. The molecule has 2 rings (SSSR count). The van der Waals surface area contributed by atoms with Crippen LogP contribution in [0.2, 0.25) is 0 Å². The van der Waals surface area contributed by atoms with Gasteiger partial charge in [-0.1, -0.05) is 0 Å². The molecule has 10 heavy (non-hydrogen) atoms. The van der Waals surface area contributed by atoms with Crippen molar-refractivity contribution >= 4 is 37.5 Å². The first-order chi connectivity index (χ1) is 4.86. The van der Waals surface area contributed by atoms with Crippen LogP contribution in [0.4, 0.5) is 0 Å². The van der Waals surface area contributed by atoms with Crippen molar-refractivity contribution in [3.05, 3.63) is 24.3 Å². The van der Waals surface area contributed by atoms with Crippen LogP contribution in [-0.2, 0) is 0 Å². The Morgan fingerprint density at radius 2 is 2.10 bits per heavy atom. The zero-order chi connectivity index (χ0) is 6.97. The van der Waals surface area contributed by atoms with Crippen LogP contribution in [0, 0.1) is 0 Å². The number of benzene rings is 1. The second-order valence-electron chi connectivity index (χ2n) is 2.20. The zero-order valence-electron chi connectivity index (χ0n) is 5.66. The van der Waals surface area contributed by atoms with Gasteiger partial charge in [-0.15, -0.1) is 0 Å². The molecule has 2 aromatic rings. The van der Waals surface area contributed by atoms with Crippen LogP contribution in [-0.4, -0.2) is 27.5 Å². The SMILES string of the molecule is [SnH3][c]1nc2ccccc2o1. The normalized spacial score (nSPS) is 10.8. The predicted molar refractivity (Wildman–Crippen MR) is 43.6 cm³/mol. The summed E-state index contributed by atoms with van der Waals surface area (Å²) in [5, 5.41) is 0. The van der Waals surface area contributed by atoms with Crippen molar-refractivity contribution in [1.82, 2.24) is 4.98 Å². The number of hydrogen-bond acceptors (Lipinski definition) is 2. The molecule has 0 radical (unpaired) electrons. The second kappa shape index (κ2) is 2.27. The molecule has 0 N–H and O–H groups in total. The minimum atomic E-state index is 0.392. The number of oxazole rings is 1. The zero-order valence-corrected chi connectivity index (χ0v) is 11.4. The Morgan fingerprint density at radius 3 is 2.90 bits per heavy atom. The van der Waals surface area contributed by atoms with Crippen molar-refractivity contribution in [2.24, 2.45) is 0 Å². The van der Waals surface area contributed by atoms with Crippen LogP contribution in [0.15, 0.2) is 28.7 Å². The van der Waals surface area contributed by atoms with E-state index in [2.05, 4.69) is 4.98 Å². The van der Waals surface area contributed by atoms with Crippen molar-refractivity contribution in [3.8, 4) is 0 Å². The molecule has 0 atom stereocenters. The molecule has 0 aliphatic rings. The van der Waals surface area contributed by atoms with E-state index in [0.717, 1.165) is 15.0 Å². The molecule has 0 amide bonds. The van der Waals surface area contributed by atoms with Crippen LogP contribution in [0.25, 0.3) is 11.1 Å². The minimum absolute atomic E-state index is 0.392. The number of nitrogens with zero attached hydrogens (tertiary/aromatic N) is 1. The van der Waals surface area contributed by atoms with Crippen LogP contribution in [0.1, 0.15) is 0 Å². The monoisotopic (exact) mass is 241 g/mol. The first-order valence-electron chi connectivity index (χ1n) is 3.18. The van der Waals surface area contributed by atoms with Crippen molar-refractivity contribution in [1.29, 1.82) is 0 Å². The summed E-state index contributed by atoms with van der Waals surface area (Å²) in [6.07, 6.45) is 0. The first kappa shape index (κ1) is 6.22. The van der Waals surface area contributed by atoms with Gasteiger partial charge < -0.3 is 0 Å². The number of para-hydroxylation sites is 2. The molecule has 1 heterocycles. The Labute approximate surface area is 71.3 Å². The summed E-state index contributed by atoms with van der Waals surface area (Å²) >= 11 is 0.392. The average Bonchev–Trinajstić information content (AvgIpc) is 2.27. The molecule has 0 aliphatic heterocycles. The predicted octanol–water partition coefficient (Wildman–Crippen LogP) is -0.181. The molecule has 1 aromatic heterocycles. The number of rotatable bonds is 0. The molecule has 50 valence electrons. The third-order valence-electron chi connectivity index (χ3n) is 1.40. The van der Waals surface area contributed by atoms with E-state index in [9.17, 15) is 0 Å². The first-order valence-corrected chi connectivity index (χ1v) is 6.04. The van der Waals surface area contributed by atoms with Crippen molar-refractivity contribution in [2.75, 3.05) is 0 Å². The fourth-order valence-electron chi connectivity index (χ4n) is 0.987. The van der Waals surface area contributed by atoms with Gasteiger partial charge in [0.25, 0.3) is 0 Å². The Kier molecular flexibility index (Phi) is 1.41. The standard InChI is InChI=1S/C7H4NO.Sn.3H/c1-2-4-7-6(3-1)8-5-9-7;;;;/h1-4H;;;;. The summed E-state index contributed by atoms with van der Waals surface area (Å²) < 4.78 is 6.28. The van der Waals surface area contributed by atoms with Gasteiger partial charge in [0, 0.05) is 0 Å². The molecule has 3 heteroatoms. The summed E-state index contributed by atoms with van der Waals surface area (Å²) in [6, 6.07) is 7.85. The van der Waals surface area contributed by atoms with Gasteiger partial charge in [-0.2, -0.15) is 0 Å². The fraction of sp³-hybridized carbons (Fsp3) is 0. The molecule has 0 spiro atoms. The summed E-state index contributed by atoms with van der Waals surface area (Å²) in [7, 11) is 0. The molecular weight excluding hydrogens is 233 g/mol. The Hall–Kier alpha value is -0.511. The molecule has 0 fully saturated rings. The van der Waals surface area contributed by atoms with Gasteiger partial charge in [0.2, 0.25) is 0 Å². The Morgan fingerprint density at radius 1 is 1.30 bits per heavy atom. The second-order valence-corrected chi connectivity index (χ2v) is 4.64. The molecule has 1 aromatic carbocycles. The third-order valence-corrected chi connectivity index (χ3v) is 2.62. The van der Waals surface area contributed by atoms with E-state index in [1.54, 1.807) is 0 Å². The molecule has 0 aliphatic carbocycles. The summed E-state index contributed by atoms with van der Waals surface area (Å²) in [5.41, 5.74) is 1.90. The molecular formula is C7H7NOSn. The van der Waals surface area contributed by atoms with Gasteiger partial charge in [0.15, 0.2) is 0 Å². The van der Waals surface area contributed by atoms with E-state index in [-0.39, 0.29) is 0 Å². The average molecular weight is 240 g/mol. The maximum absolute atomic E-state index is 5.35. The topological polar surface area (TPSA) is 26.0 Å². The van der Waals surface area contributed by atoms with Crippen LogP contribution in [0.3, 0.4) is 0 Å². The Balaban J connectivity index is 2.88. The molecule has 0 unspecified atom stereocenters. The van der Waals surface area contributed by atoms with E-state index >= 15 is 0 Å². The van der Waals surface area contributed by atoms with Crippen LogP contribution < -0.4 is 3.91 Å². The number of aromatic nitrogens is 1. The van der Waals surface area contributed by atoms with E-state index in [0.29, 0.717) is 22.5 Å². The molecule has 0 bridgehead atoms. The molecule has 2 nitrogen and oxygen atoms in total. The van der Waals surface area contributed by atoms with E-state index in [1.165, 1.54) is 0 Å². The van der Waals surface area contributed by atoms with E-state index < -0.39 is 0 Å². The van der Waals surface area contributed by atoms with Gasteiger partial charge >= 0.3 is 71.2 Å². The summed E-state index contributed by atoms with van der Waals surface area (Å²) in [6.45, 7) is 0. The van der Waals surface area contributed by atoms with Gasteiger partial charge in [-0.25, -0.2) is 0 Å². The van der Waals surface area contributed by atoms with Gasteiger partial charge in [0.05, 0.1) is 0 Å². The maximum atomic E-state index is 5.35. The summed E-state index contributed by atoms with van der Waals surface area (Å²) in [4.78, 5) is 4.24. The Bertz CT molecular complexity index is 322. The quantitative estimate of drug-likeness (QED) is 0.597.